The van der Waals surface area contributed by atoms with Crippen molar-refractivity contribution in [2.75, 3.05) is 0 Å². The molecule has 6 nitrogen and oxygen atoms in total. The van der Waals surface area contributed by atoms with Crippen molar-refractivity contribution in [3.8, 4) is 17.3 Å². The molecule has 0 unspecified atom stereocenters. The smallest absolute Gasteiger partial charge is 0.335 e. The van der Waals surface area contributed by atoms with Gasteiger partial charge in [0.15, 0.2) is 0 Å². The van der Waals surface area contributed by atoms with Gasteiger partial charge in [-0.1, -0.05) is 6.07 Å². The fraction of sp³-hybridized carbons (Fsp3) is 0.118. The number of hydrogen-bond donors (Lipinski definition) is 1. The number of aryl methyl sites for hydroxylation is 2. The number of ether oxygens (including phenoxy) is 1. The summed E-state index contributed by atoms with van der Waals surface area (Å²) in [4.78, 5) is 19.4. The average molecular weight is 309 g/mol. The van der Waals surface area contributed by atoms with E-state index in [-0.39, 0.29) is 11.4 Å². The molecular formula is C17H15N3O3. The molecule has 0 spiro atoms. The Bertz CT molecular complexity index is 871. The van der Waals surface area contributed by atoms with Crippen molar-refractivity contribution in [1.29, 1.82) is 0 Å². The molecule has 23 heavy (non-hydrogen) atoms. The molecule has 0 aliphatic heterocycles. The van der Waals surface area contributed by atoms with Crippen molar-refractivity contribution >= 4 is 5.97 Å². The van der Waals surface area contributed by atoms with Gasteiger partial charge in [-0.2, -0.15) is 0 Å². The van der Waals surface area contributed by atoms with Crippen molar-refractivity contribution in [2.24, 2.45) is 0 Å². The molecule has 6 heteroatoms. The summed E-state index contributed by atoms with van der Waals surface area (Å²) in [5.74, 6) is 0.671. The SMILES string of the molecule is Cc1cn(-c2cccc(Oc3cc(C(=O)O)ccn3)c2)c(C)n1. The van der Waals surface area contributed by atoms with E-state index < -0.39 is 5.97 Å². The summed E-state index contributed by atoms with van der Waals surface area (Å²) in [6.45, 7) is 3.86. The second kappa shape index (κ2) is 5.92. The molecule has 0 atom stereocenters. The highest BCUT2D eigenvalue weighted by Crippen LogP contribution is 2.23. The lowest BCUT2D eigenvalue weighted by molar-refractivity contribution is 0.0696. The van der Waals surface area contributed by atoms with Crippen molar-refractivity contribution in [3.05, 3.63) is 65.9 Å². The van der Waals surface area contributed by atoms with Crippen LogP contribution in [0.3, 0.4) is 0 Å². The molecule has 0 amide bonds. The lowest BCUT2D eigenvalue weighted by Gasteiger charge is -2.09. The number of aromatic nitrogens is 3. The minimum atomic E-state index is -1.02. The van der Waals surface area contributed by atoms with E-state index >= 15 is 0 Å². The van der Waals surface area contributed by atoms with Gasteiger partial charge in [0, 0.05) is 24.5 Å². The van der Waals surface area contributed by atoms with Gasteiger partial charge in [-0.25, -0.2) is 14.8 Å². The Morgan fingerprint density at radius 3 is 2.74 bits per heavy atom. The summed E-state index contributed by atoms with van der Waals surface area (Å²) in [6.07, 6.45) is 3.35. The number of rotatable bonds is 4. The van der Waals surface area contributed by atoms with E-state index in [0.717, 1.165) is 17.2 Å². The molecule has 2 aromatic heterocycles. The highest BCUT2D eigenvalue weighted by molar-refractivity contribution is 5.87. The van der Waals surface area contributed by atoms with E-state index in [1.165, 1.54) is 18.3 Å². The van der Waals surface area contributed by atoms with E-state index in [4.69, 9.17) is 9.84 Å². The van der Waals surface area contributed by atoms with Gasteiger partial charge in [0.25, 0.3) is 0 Å². The predicted octanol–water partition coefficient (Wildman–Crippen LogP) is 3.37. The number of carboxylic acid groups (broad SMARTS) is 1. The maximum absolute atomic E-state index is 11.0. The van der Waals surface area contributed by atoms with Gasteiger partial charge in [-0.15, -0.1) is 0 Å². The van der Waals surface area contributed by atoms with Crippen LogP contribution in [0.2, 0.25) is 0 Å². The third-order valence-corrected chi connectivity index (χ3v) is 3.30. The van der Waals surface area contributed by atoms with Crippen LogP contribution >= 0.6 is 0 Å². The van der Waals surface area contributed by atoms with Crippen LogP contribution in [0.1, 0.15) is 21.9 Å². The molecule has 3 rings (SSSR count). The van der Waals surface area contributed by atoms with Crippen LogP contribution in [0.5, 0.6) is 11.6 Å². The van der Waals surface area contributed by atoms with Crippen LogP contribution in [0, 0.1) is 13.8 Å². The van der Waals surface area contributed by atoms with Crippen molar-refractivity contribution in [3.63, 3.8) is 0 Å². The highest BCUT2D eigenvalue weighted by atomic mass is 16.5. The largest absolute Gasteiger partial charge is 0.478 e. The summed E-state index contributed by atoms with van der Waals surface area (Å²) in [5.41, 5.74) is 1.98. The Balaban J connectivity index is 1.90. The Kier molecular flexibility index (Phi) is 3.80. The zero-order chi connectivity index (χ0) is 16.4. The number of imidazole rings is 1. The highest BCUT2D eigenvalue weighted by Gasteiger charge is 2.08. The second-order valence-electron chi connectivity index (χ2n) is 5.09. The molecule has 0 saturated carbocycles. The molecule has 0 fully saturated rings. The van der Waals surface area contributed by atoms with E-state index in [1.54, 1.807) is 6.07 Å². The quantitative estimate of drug-likeness (QED) is 0.799. The number of carboxylic acids is 1. The summed E-state index contributed by atoms with van der Waals surface area (Å²) < 4.78 is 7.63. The van der Waals surface area contributed by atoms with Gasteiger partial charge in [0.2, 0.25) is 5.88 Å². The number of hydrogen-bond acceptors (Lipinski definition) is 4. The Morgan fingerprint density at radius 2 is 2.04 bits per heavy atom. The summed E-state index contributed by atoms with van der Waals surface area (Å²) >= 11 is 0. The van der Waals surface area contributed by atoms with Crippen LogP contribution in [0.4, 0.5) is 0 Å². The minimum Gasteiger partial charge on any atom is -0.478 e. The summed E-state index contributed by atoms with van der Waals surface area (Å²) in [5, 5.41) is 9.01. The topological polar surface area (TPSA) is 77.2 Å². The lowest BCUT2D eigenvalue weighted by Crippen LogP contribution is -1.98. The molecule has 0 saturated heterocycles. The molecular weight excluding hydrogens is 294 g/mol. The number of pyridine rings is 1. The first kappa shape index (κ1) is 14.8. The Labute approximate surface area is 133 Å². The molecule has 3 aromatic rings. The minimum absolute atomic E-state index is 0.132. The number of benzene rings is 1. The van der Waals surface area contributed by atoms with E-state index in [1.807, 2.05) is 42.8 Å². The zero-order valence-corrected chi connectivity index (χ0v) is 12.7. The van der Waals surface area contributed by atoms with Gasteiger partial charge in [0.05, 0.1) is 16.9 Å². The van der Waals surface area contributed by atoms with Gasteiger partial charge >= 0.3 is 5.97 Å². The maximum atomic E-state index is 11.0. The fourth-order valence-electron chi connectivity index (χ4n) is 2.30. The first-order valence-electron chi connectivity index (χ1n) is 7.03. The van der Waals surface area contributed by atoms with Gasteiger partial charge < -0.3 is 14.4 Å². The van der Waals surface area contributed by atoms with Crippen LogP contribution in [-0.2, 0) is 0 Å². The van der Waals surface area contributed by atoms with Crippen molar-refractivity contribution in [2.45, 2.75) is 13.8 Å². The van der Waals surface area contributed by atoms with E-state index in [0.29, 0.717) is 5.75 Å². The van der Waals surface area contributed by atoms with Crippen LogP contribution < -0.4 is 4.74 Å². The molecule has 0 radical (unpaired) electrons. The van der Waals surface area contributed by atoms with Crippen molar-refractivity contribution in [1.82, 2.24) is 14.5 Å². The molecule has 2 heterocycles. The molecule has 1 N–H and O–H groups in total. The van der Waals surface area contributed by atoms with Gasteiger partial charge in [-0.05, 0) is 32.0 Å². The van der Waals surface area contributed by atoms with Gasteiger partial charge in [0.1, 0.15) is 11.6 Å². The molecule has 1 aromatic carbocycles. The molecule has 116 valence electrons. The fourth-order valence-corrected chi connectivity index (χ4v) is 2.30. The summed E-state index contributed by atoms with van der Waals surface area (Å²) in [6, 6.07) is 10.3. The first-order valence-corrected chi connectivity index (χ1v) is 7.03. The number of nitrogens with zero attached hydrogens (tertiary/aromatic N) is 3. The lowest BCUT2D eigenvalue weighted by atomic mass is 10.2. The monoisotopic (exact) mass is 309 g/mol. The summed E-state index contributed by atoms with van der Waals surface area (Å²) in [7, 11) is 0. The zero-order valence-electron chi connectivity index (χ0n) is 12.7. The Hall–Kier alpha value is -3.15. The average Bonchev–Trinajstić information content (AvgIpc) is 2.86. The van der Waals surface area contributed by atoms with Crippen LogP contribution in [0.15, 0.2) is 48.8 Å². The third-order valence-electron chi connectivity index (χ3n) is 3.30. The molecule has 0 aliphatic carbocycles. The van der Waals surface area contributed by atoms with E-state index in [2.05, 4.69) is 9.97 Å². The molecule has 0 aliphatic rings. The maximum Gasteiger partial charge on any atom is 0.335 e. The van der Waals surface area contributed by atoms with Crippen LogP contribution in [0.25, 0.3) is 5.69 Å². The standard InChI is InChI=1S/C17H15N3O3/c1-11-10-20(12(2)19-11)14-4-3-5-15(9-14)23-16-8-13(17(21)22)6-7-18-16/h3-10H,1-2H3,(H,21,22). The van der Waals surface area contributed by atoms with E-state index in [9.17, 15) is 4.79 Å². The number of aromatic carboxylic acids is 1. The van der Waals surface area contributed by atoms with Crippen molar-refractivity contribution < 1.29 is 14.6 Å². The first-order chi connectivity index (χ1) is 11.0. The number of carbonyl (C=O) groups is 1. The third kappa shape index (κ3) is 3.21. The van der Waals surface area contributed by atoms with Crippen LogP contribution in [-0.4, -0.2) is 25.6 Å². The van der Waals surface area contributed by atoms with Gasteiger partial charge in [-0.3, -0.25) is 0 Å². The molecule has 0 bridgehead atoms. The normalized spacial score (nSPS) is 10.5. The Morgan fingerprint density at radius 1 is 1.22 bits per heavy atom. The second-order valence-corrected chi connectivity index (χ2v) is 5.09. The predicted molar refractivity (Wildman–Crippen MR) is 84.3 cm³/mol.